The number of carboxylic acid groups (broad SMARTS) is 1. The molecule has 0 heterocycles. The van der Waals surface area contributed by atoms with E-state index in [1.165, 1.54) is 49.7 Å². The number of fused-ring (bicyclic) bond motifs is 1. The van der Waals surface area contributed by atoms with Crippen LogP contribution in [0.5, 0.6) is 0 Å². The number of rotatable bonds is 18. The second-order valence-electron chi connectivity index (χ2n) is 17.5. The first-order valence-electron chi connectivity index (χ1n) is 18.9. The van der Waals surface area contributed by atoms with Gasteiger partial charge in [0.25, 0.3) is 0 Å². The van der Waals surface area contributed by atoms with E-state index < -0.39 is 22.6 Å². The van der Waals surface area contributed by atoms with Crippen LogP contribution in [0.3, 0.4) is 0 Å². The van der Waals surface area contributed by atoms with E-state index in [-0.39, 0.29) is 25.0 Å². The Hall–Kier alpha value is -1.96. The lowest BCUT2D eigenvalue weighted by Crippen LogP contribution is -2.42. The molecule has 0 aromatic rings. The van der Waals surface area contributed by atoms with Gasteiger partial charge in [-0.3, -0.25) is 9.59 Å². The van der Waals surface area contributed by atoms with E-state index in [1.54, 1.807) is 5.57 Å². The summed E-state index contributed by atoms with van der Waals surface area (Å²) in [7, 11) is 0. The molecule has 0 aliphatic heterocycles. The van der Waals surface area contributed by atoms with Crippen LogP contribution in [0.25, 0.3) is 0 Å². The monoisotopic (exact) mass is 672 g/mol. The molecule has 7 nitrogen and oxygen atoms in total. The third-order valence-electron chi connectivity index (χ3n) is 11.7. The van der Waals surface area contributed by atoms with E-state index in [4.69, 9.17) is 14.6 Å². The molecule has 1 amide bonds. The molecule has 0 aromatic heterocycles. The highest BCUT2D eigenvalue weighted by atomic mass is 16.5. The van der Waals surface area contributed by atoms with Gasteiger partial charge >= 0.3 is 5.97 Å². The van der Waals surface area contributed by atoms with Crippen molar-refractivity contribution in [3.8, 4) is 0 Å². The summed E-state index contributed by atoms with van der Waals surface area (Å²) >= 11 is 0. The summed E-state index contributed by atoms with van der Waals surface area (Å²) in [6, 6.07) is 0. The van der Waals surface area contributed by atoms with Crippen molar-refractivity contribution >= 4 is 11.9 Å². The van der Waals surface area contributed by atoms with Crippen LogP contribution in [-0.4, -0.2) is 59.2 Å². The maximum atomic E-state index is 12.9. The summed E-state index contributed by atoms with van der Waals surface area (Å²) < 4.78 is 12.2. The molecule has 274 valence electrons. The fourth-order valence-electron chi connectivity index (χ4n) is 8.48. The third-order valence-corrected chi connectivity index (χ3v) is 11.7. The molecule has 0 bridgehead atoms. The van der Waals surface area contributed by atoms with Crippen LogP contribution in [0.4, 0.5) is 0 Å². The van der Waals surface area contributed by atoms with Gasteiger partial charge in [-0.2, -0.15) is 0 Å². The van der Waals surface area contributed by atoms with Crippen LogP contribution < -0.4 is 5.32 Å². The lowest BCUT2D eigenvalue weighted by Gasteiger charge is -2.44. The van der Waals surface area contributed by atoms with Gasteiger partial charge in [0.2, 0.25) is 5.91 Å². The molecule has 5 atom stereocenters. The molecule has 48 heavy (non-hydrogen) atoms. The molecule has 0 radical (unpaired) electrons. The molecule has 3 N–H and O–H groups in total. The highest BCUT2D eigenvalue weighted by molar-refractivity contribution is 5.81. The van der Waals surface area contributed by atoms with E-state index >= 15 is 0 Å². The van der Waals surface area contributed by atoms with Gasteiger partial charge in [-0.1, -0.05) is 56.6 Å². The van der Waals surface area contributed by atoms with Crippen LogP contribution in [0.1, 0.15) is 145 Å². The quantitative estimate of drug-likeness (QED) is 0.126. The van der Waals surface area contributed by atoms with E-state index in [0.29, 0.717) is 36.8 Å². The molecular weight excluding hydrogens is 602 g/mol. The number of aliphatic carboxylic acids is 1. The Morgan fingerprint density at radius 3 is 2.48 bits per heavy atom. The lowest BCUT2D eigenvalue weighted by atomic mass is 9.60. The van der Waals surface area contributed by atoms with Gasteiger partial charge in [0.1, 0.15) is 0 Å². The summed E-state index contributed by atoms with van der Waals surface area (Å²) in [5.41, 5.74) is 2.67. The van der Waals surface area contributed by atoms with Crippen molar-refractivity contribution < 1.29 is 29.3 Å². The molecule has 0 saturated heterocycles. The molecule has 7 heteroatoms. The molecular formula is C41H69NO6. The molecule has 3 rings (SSSR count). The number of allylic oxidation sites excluding steroid dienone is 4. The Morgan fingerprint density at radius 1 is 1.06 bits per heavy atom. The zero-order valence-electron chi connectivity index (χ0n) is 31.7. The van der Waals surface area contributed by atoms with Gasteiger partial charge in [0.15, 0.2) is 0 Å². The summed E-state index contributed by atoms with van der Waals surface area (Å²) in [5.74, 6) is 1.20. The number of nitrogens with one attached hydrogen (secondary N) is 1. The second kappa shape index (κ2) is 17.3. The minimum Gasteiger partial charge on any atom is -0.481 e. The van der Waals surface area contributed by atoms with E-state index in [2.05, 4.69) is 37.9 Å². The number of aliphatic hydroxyl groups is 1. The number of hydrogen-bond donors (Lipinski definition) is 3. The number of carbonyl (C=O) groups is 2. The van der Waals surface area contributed by atoms with Gasteiger partial charge in [-0.25, -0.2) is 0 Å². The summed E-state index contributed by atoms with van der Waals surface area (Å²) in [6.07, 6.45) is 18.6. The molecule has 3 saturated carbocycles. The van der Waals surface area contributed by atoms with Gasteiger partial charge in [0.05, 0.1) is 29.3 Å². The Bertz CT molecular complexity index is 1160. The fraction of sp³-hybridized carbons (Fsp3) is 0.805. The van der Waals surface area contributed by atoms with Gasteiger partial charge in [-0.05, 0) is 141 Å². The molecule has 3 aliphatic rings. The van der Waals surface area contributed by atoms with Gasteiger partial charge in [-0.15, -0.1) is 0 Å². The third kappa shape index (κ3) is 12.1. The highest BCUT2D eigenvalue weighted by Gasteiger charge is 2.50. The molecule has 1 unspecified atom stereocenters. The number of carboxylic acids is 1. The van der Waals surface area contributed by atoms with Crippen molar-refractivity contribution in [1.29, 1.82) is 0 Å². The topological polar surface area (TPSA) is 105 Å². The maximum absolute atomic E-state index is 12.9. The van der Waals surface area contributed by atoms with Gasteiger partial charge in [0, 0.05) is 19.6 Å². The van der Waals surface area contributed by atoms with Crippen LogP contribution in [-0.2, 0) is 19.1 Å². The lowest BCUT2D eigenvalue weighted by molar-refractivity contribution is -0.142. The predicted molar refractivity (Wildman–Crippen MR) is 195 cm³/mol. The molecule has 0 spiro atoms. The van der Waals surface area contributed by atoms with Crippen LogP contribution in [0.2, 0.25) is 0 Å². The smallest absolute Gasteiger partial charge is 0.303 e. The standard InChI is InChI=1S/C41H69NO6/c1-29-15-18-33(47-26-12-25-42-37(45)38(3,4)28-48-40(7,8)24-21-36(43)44)27-32(29)17-16-31-14-11-23-41(9)34(19-20-35(31)41)30(2)13-10-22-39(5,6)46/h16-17,30,33-35,46H,1,10-15,18-28H2,2-9H3,(H,42,45)(H,43,44)/b31-16+,32-17-/t30-,33+,34?,35+,41-/m1/s1. The average Bonchev–Trinajstić information content (AvgIpc) is 3.36. The zero-order chi connectivity index (χ0) is 35.8. The predicted octanol–water partition coefficient (Wildman–Crippen LogP) is 8.95. The van der Waals surface area contributed by atoms with Crippen molar-refractivity contribution in [2.75, 3.05) is 19.8 Å². The average molecular weight is 672 g/mol. The summed E-state index contributed by atoms with van der Waals surface area (Å²) in [4.78, 5) is 23.8. The number of carbonyl (C=O) groups excluding carboxylic acids is 1. The van der Waals surface area contributed by atoms with Crippen LogP contribution in [0, 0.1) is 28.6 Å². The zero-order valence-corrected chi connectivity index (χ0v) is 31.7. The minimum absolute atomic E-state index is 0.0379. The van der Waals surface area contributed by atoms with Crippen molar-refractivity contribution in [3.63, 3.8) is 0 Å². The van der Waals surface area contributed by atoms with Crippen LogP contribution >= 0.6 is 0 Å². The fourth-order valence-corrected chi connectivity index (χ4v) is 8.48. The normalized spacial score (nSPS) is 27.7. The molecule has 3 aliphatic carbocycles. The van der Waals surface area contributed by atoms with Crippen LogP contribution in [0.15, 0.2) is 35.5 Å². The second-order valence-corrected chi connectivity index (χ2v) is 17.5. The molecule has 3 fully saturated rings. The summed E-state index contributed by atoms with van der Waals surface area (Å²) in [6.45, 7) is 22.1. The van der Waals surface area contributed by atoms with Gasteiger partial charge < -0.3 is 25.0 Å². The maximum Gasteiger partial charge on any atom is 0.303 e. The number of amides is 1. The van der Waals surface area contributed by atoms with Crippen molar-refractivity contribution in [2.24, 2.45) is 28.6 Å². The van der Waals surface area contributed by atoms with E-state index in [0.717, 1.165) is 44.4 Å². The first-order chi connectivity index (χ1) is 22.3. The van der Waals surface area contributed by atoms with Crippen molar-refractivity contribution in [1.82, 2.24) is 5.32 Å². The number of ether oxygens (including phenoxy) is 2. The van der Waals surface area contributed by atoms with Crippen molar-refractivity contribution in [2.45, 2.75) is 163 Å². The minimum atomic E-state index is -0.848. The Morgan fingerprint density at radius 2 is 1.79 bits per heavy atom. The van der Waals surface area contributed by atoms with E-state index in [1.807, 2.05) is 41.5 Å². The first kappa shape index (κ1) is 40.5. The Kier molecular flexibility index (Phi) is 14.6. The first-order valence-corrected chi connectivity index (χ1v) is 18.9. The Labute approximate surface area is 292 Å². The molecule has 0 aromatic carbocycles. The van der Waals surface area contributed by atoms with E-state index in [9.17, 15) is 14.7 Å². The highest BCUT2D eigenvalue weighted by Crippen LogP contribution is 2.60. The SMILES string of the molecule is C=C1CC[C@H](OCCCNC(=O)C(C)(C)COC(C)(C)CCC(=O)O)C/C1=C/C=C1\CCC[C@]2(C)C([C@H](C)CCCC(C)(C)O)CC[C@@H]12. The largest absolute Gasteiger partial charge is 0.481 e. The number of hydrogen-bond acceptors (Lipinski definition) is 5. The van der Waals surface area contributed by atoms with Crippen molar-refractivity contribution in [3.05, 3.63) is 35.5 Å². The Balaban J connectivity index is 1.45. The summed E-state index contributed by atoms with van der Waals surface area (Å²) in [5, 5.41) is 22.2.